The van der Waals surface area contributed by atoms with Crippen LogP contribution in [0.5, 0.6) is 0 Å². The van der Waals surface area contributed by atoms with Gasteiger partial charge in [0.25, 0.3) is 0 Å². The third-order valence-corrected chi connectivity index (χ3v) is 3.35. The van der Waals surface area contributed by atoms with Crippen molar-refractivity contribution in [2.75, 3.05) is 19.6 Å². The first-order valence-electron chi connectivity index (χ1n) is 6.60. The van der Waals surface area contributed by atoms with Crippen LogP contribution in [0.3, 0.4) is 0 Å². The minimum Gasteiger partial charge on any atom is -0.444 e. The quantitative estimate of drug-likeness (QED) is 0.703. The monoisotopic (exact) mass is 240 g/mol. The average molecular weight is 240 g/mol. The zero-order valence-corrected chi connectivity index (χ0v) is 11.4. The molecule has 0 aromatic carbocycles. The van der Waals surface area contributed by atoms with Crippen LogP contribution in [0.25, 0.3) is 0 Å². The number of amides is 1. The topological polar surface area (TPSA) is 32.8 Å². The fraction of sp³-hybridized carbons (Fsp3) is 0.923. The highest BCUT2D eigenvalue weighted by Crippen LogP contribution is 2.29. The van der Waals surface area contributed by atoms with E-state index in [-0.39, 0.29) is 12.1 Å². The van der Waals surface area contributed by atoms with E-state index in [9.17, 15) is 4.79 Å². The third kappa shape index (κ3) is 3.35. The van der Waals surface area contributed by atoms with E-state index in [0.717, 1.165) is 25.7 Å². The van der Waals surface area contributed by atoms with Gasteiger partial charge in [-0.2, -0.15) is 0 Å². The number of rotatable bonds is 1. The minimum absolute atomic E-state index is 0.166. The van der Waals surface area contributed by atoms with Crippen LogP contribution in [0.2, 0.25) is 0 Å². The molecule has 0 N–H and O–H groups in total. The van der Waals surface area contributed by atoms with Gasteiger partial charge in [0.2, 0.25) is 0 Å². The van der Waals surface area contributed by atoms with Crippen molar-refractivity contribution in [3.63, 3.8) is 0 Å². The van der Waals surface area contributed by atoms with Crippen molar-refractivity contribution in [1.82, 2.24) is 9.80 Å². The lowest BCUT2D eigenvalue weighted by Gasteiger charge is -2.40. The third-order valence-electron chi connectivity index (χ3n) is 3.35. The van der Waals surface area contributed by atoms with Gasteiger partial charge in [0.15, 0.2) is 0 Å². The van der Waals surface area contributed by atoms with E-state index in [1.807, 2.05) is 25.7 Å². The van der Waals surface area contributed by atoms with Crippen molar-refractivity contribution in [3.05, 3.63) is 0 Å². The second-order valence-corrected chi connectivity index (χ2v) is 6.25. The largest absolute Gasteiger partial charge is 0.444 e. The number of hydrogen-bond donors (Lipinski definition) is 0. The van der Waals surface area contributed by atoms with Gasteiger partial charge in [-0.15, -0.1) is 0 Å². The molecule has 0 aromatic heterocycles. The zero-order valence-electron chi connectivity index (χ0n) is 11.4. The molecular weight excluding hydrogens is 216 g/mol. The van der Waals surface area contributed by atoms with Gasteiger partial charge in [-0.3, -0.25) is 4.90 Å². The molecule has 1 atom stereocenters. The van der Waals surface area contributed by atoms with E-state index >= 15 is 0 Å². The van der Waals surface area contributed by atoms with Gasteiger partial charge in [-0.25, -0.2) is 4.79 Å². The molecule has 4 heteroatoms. The number of nitrogens with zero attached hydrogens (tertiary/aromatic N) is 2. The predicted octanol–water partition coefficient (Wildman–Crippen LogP) is 2.09. The van der Waals surface area contributed by atoms with E-state index in [4.69, 9.17) is 4.74 Å². The smallest absolute Gasteiger partial charge is 0.410 e. The standard InChI is InChI=1S/C13H24N2O2/c1-10-9-14(11-5-6-11)7-8-15(10)12(16)17-13(2,3)4/h10-11H,5-9H2,1-4H3. The highest BCUT2D eigenvalue weighted by Gasteiger charge is 2.36. The van der Waals surface area contributed by atoms with Gasteiger partial charge in [0.05, 0.1) is 0 Å². The van der Waals surface area contributed by atoms with Gasteiger partial charge in [-0.05, 0) is 40.5 Å². The summed E-state index contributed by atoms with van der Waals surface area (Å²) in [4.78, 5) is 16.4. The molecule has 4 nitrogen and oxygen atoms in total. The Morgan fingerprint density at radius 1 is 1.24 bits per heavy atom. The van der Waals surface area contributed by atoms with E-state index in [0.29, 0.717) is 0 Å². The van der Waals surface area contributed by atoms with Crippen LogP contribution in [0, 0.1) is 0 Å². The Morgan fingerprint density at radius 3 is 2.35 bits per heavy atom. The molecule has 17 heavy (non-hydrogen) atoms. The zero-order chi connectivity index (χ0) is 12.6. The van der Waals surface area contributed by atoms with Crippen molar-refractivity contribution in [2.24, 2.45) is 0 Å². The number of carbonyl (C=O) groups excluding carboxylic acids is 1. The van der Waals surface area contributed by atoms with Crippen LogP contribution in [-0.2, 0) is 4.74 Å². The molecule has 1 heterocycles. The van der Waals surface area contributed by atoms with Crippen molar-refractivity contribution in [1.29, 1.82) is 0 Å². The molecule has 0 radical (unpaired) electrons. The Labute approximate surface area is 104 Å². The maximum atomic E-state index is 12.0. The Kier molecular flexibility index (Phi) is 3.34. The first-order valence-corrected chi connectivity index (χ1v) is 6.60. The summed E-state index contributed by atoms with van der Waals surface area (Å²) in [6.45, 7) is 10.6. The number of ether oxygens (including phenoxy) is 1. The maximum absolute atomic E-state index is 12.0. The molecule has 0 bridgehead atoms. The molecule has 0 spiro atoms. The van der Waals surface area contributed by atoms with E-state index < -0.39 is 5.60 Å². The van der Waals surface area contributed by atoms with Gasteiger partial charge < -0.3 is 9.64 Å². The maximum Gasteiger partial charge on any atom is 0.410 e. The Hall–Kier alpha value is -0.770. The Balaban J connectivity index is 1.87. The summed E-state index contributed by atoms with van der Waals surface area (Å²) in [6, 6.07) is 1.05. The van der Waals surface area contributed by atoms with E-state index in [1.54, 1.807) is 0 Å². The molecule has 2 aliphatic rings. The fourth-order valence-corrected chi connectivity index (χ4v) is 2.35. The van der Waals surface area contributed by atoms with Crippen molar-refractivity contribution in [3.8, 4) is 0 Å². The van der Waals surface area contributed by atoms with Gasteiger partial charge in [0, 0.05) is 31.7 Å². The Morgan fingerprint density at radius 2 is 1.88 bits per heavy atom. The molecule has 98 valence electrons. The van der Waals surface area contributed by atoms with Crippen LogP contribution >= 0.6 is 0 Å². The molecule has 2 fully saturated rings. The number of carbonyl (C=O) groups is 1. The summed E-state index contributed by atoms with van der Waals surface area (Å²) in [5.41, 5.74) is -0.398. The molecule has 1 aliphatic heterocycles. The average Bonchev–Trinajstić information content (AvgIpc) is 2.97. The summed E-state index contributed by atoms with van der Waals surface area (Å²) in [5, 5.41) is 0. The summed E-state index contributed by atoms with van der Waals surface area (Å²) in [5.74, 6) is 0. The summed E-state index contributed by atoms with van der Waals surface area (Å²) < 4.78 is 5.43. The molecule has 1 saturated carbocycles. The highest BCUT2D eigenvalue weighted by molar-refractivity contribution is 5.68. The second kappa shape index (κ2) is 4.48. The predicted molar refractivity (Wildman–Crippen MR) is 67.0 cm³/mol. The summed E-state index contributed by atoms with van der Waals surface area (Å²) in [7, 11) is 0. The first kappa shape index (κ1) is 12.7. The van der Waals surface area contributed by atoms with Crippen LogP contribution < -0.4 is 0 Å². The van der Waals surface area contributed by atoms with E-state index in [1.165, 1.54) is 12.8 Å². The summed E-state index contributed by atoms with van der Waals surface area (Å²) in [6.07, 6.45) is 2.50. The molecule has 1 amide bonds. The van der Waals surface area contributed by atoms with Crippen molar-refractivity contribution in [2.45, 2.75) is 58.2 Å². The van der Waals surface area contributed by atoms with E-state index in [2.05, 4.69) is 11.8 Å². The van der Waals surface area contributed by atoms with Gasteiger partial charge in [-0.1, -0.05) is 0 Å². The fourth-order valence-electron chi connectivity index (χ4n) is 2.35. The van der Waals surface area contributed by atoms with Crippen LogP contribution in [-0.4, -0.2) is 53.2 Å². The number of piperazine rings is 1. The lowest BCUT2D eigenvalue weighted by Crippen LogP contribution is -2.55. The van der Waals surface area contributed by atoms with Gasteiger partial charge >= 0.3 is 6.09 Å². The van der Waals surface area contributed by atoms with Crippen molar-refractivity contribution >= 4 is 6.09 Å². The molecule has 1 unspecified atom stereocenters. The summed E-state index contributed by atoms with van der Waals surface area (Å²) >= 11 is 0. The highest BCUT2D eigenvalue weighted by atomic mass is 16.6. The molecular formula is C13H24N2O2. The molecule has 1 aliphatic carbocycles. The van der Waals surface area contributed by atoms with Crippen LogP contribution in [0.4, 0.5) is 4.79 Å². The second-order valence-electron chi connectivity index (χ2n) is 6.25. The SMILES string of the molecule is CC1CN(C2CC2)CCN1C(=O)OC(C)(C)C. The van der Waals surface area contributed by atoms with Crippen LogP contribution in [0.15, 0.2) is 0 Å². The molecule has 0 aromatic rings. The molecule has 1 saturated heterocycles. The molecule has 2 rings (SSSR count). The van der Waals surface area contributed by atoms with Crippen molar-refractivity contribution < 1.29 is 9.53 Å². The first-order chi connectivity index (χ1) is 7.87. The van der Waals surface area contributed by atoms with Crippen LogP contribution in [0.1, 0.15) is 40.5 Å². The number of hydrogen-bond acceptors (Lipinski definition) is 3. The normalized spacial score (nSPS) is 27.1. The lowest BCUT2D eigenvalue weighted by atomic mass is 10.2. The minimum atomic E-state index is -0.398. The van der Waals surface area contributed by atoms with Gasteiger partial charge in [0.1, 0.15) is 5.60 Å². The Bertz CT molecular complexity index is 294. The lowest BCUT2D eigenvalue weighted by molar-refractivity contribution is 0.000459.